The molecule has 0 aliphatic heterocycles. The molecular weight excluding hydrogens is 256 g/mol. The van der Waals surface area contributed by atoms with Crippen molar-refractivity contribution >= 4 is 11.7 Å². The zero-order chi connectivity index (χ0) is 14.5. The summed E-state index contributed by atoms with van der Waals surface area (Å²) < 4.78 is 6.66. The minimum Gasteiger partial charge on any atom is -0.496 e. The van der Waals surface area contributed by atoms with Gasteiger partial charge in [0.25, 0.3) is 0 Å². The molecule has 6 heteroatoms. The van der Waals surface area contributed by atoms with Crippen LogP contribution in [0.4, 0.5) is 5.82 Å². The summed E-state index contributed by atoms with van der Waals surface area (Å²) in [5.41, 5.74) is 1.12. The highest BCUT2D eigenvalue weighted by atomic mass is 16.5. The summed E-state index contributed by atoms with van der Waals surface area (Å²) in [6.45, 7) is 0. The highest BCUT2D eigenvalue weighted by molar-refractivity contribution is 5.92. The van der Waals surface area contributed by atoms with Gasteiger partial charge in [0.15, 0.2) is 0 Å². The van der Waals surface area contributed by atoms with Gasteiger partial charge in [-0.25, -0.2) is 0 Å². The number of amides is 1. The molecule has 0 fully saturated rings. The van der Waals surface area contributed by atoms with Crippen LogP contribution in [0.3, 0.4) is 0 Å². The van der Waals surface area contributed by atoms with Crippen LogP contribution in [0.15, 0.2) is 30.5 Å². The summed E-state index contributed by atoms with van der Waals surface area (Å²) in [7, 11) is 3.23. The number of ether oxygens (including phenoxy) is 1. The number of nitriles is 1. The number of benzene rings is 1. The fourth-order valence-electron chi connectivity index (χ4n) is 1.87. The van der Waals surface area contributed by atoms with Gasteiger partial charge in [-0.05, 0) is 6.07 Å². The molecule has 2 aromatic rings. The number of aryl methyl sites for hydroxylation is 1. The van der Waals surface area contributed by atoms with Gasteiger partial charge in [-0.15, -0.1) is 0 Å². The first kappa shape index (κ1) is 13.6. The number of para-hydroxylation sites is 1. The van der Waals surface area contributed by atoms with Crippen LogP contribution in [-0.4, -0.2) is 22.8 Å². The Morgan fingerprint density at radius 1 is 1.50 bits per heavy atom. The Labute approximate surface area is 116 Å². The summed E-state index contributed by atoms with van der Waals surface area (Å²) >= 11 is 0. The molecule has 1 N–H and O–H groups in total. The maximum Gasteiger partial charge on any atom is 0.230 e. The third kappa shape index (κ3) is 2.78. The highest BCUT2D eigenvalue weighted by Gasteiger charge is 2.13. The molecule has 0 unspecified atom stereocenters. The fourth-order valence-corrected chi connectivity index (χ4v) is 1.87. The number of hydrogen-bond donors (Lipinski definition) is 1. The van der Waals surface area contributed by atoms with Gasteiger partial charge >= 0.3 is 0 Å². The molecule has 0 spiro atoms. The van der Waals surface area contributed by atoms with Crippen LogP contribution in [-0.2, 0) is 18.3 Å². The summed E-state index contributed by atoms with van der Waals surface area (Å²) in [6.07, 6.45) is 1.58. The number of rotatable bonds is 4. The molecule has 1 heterocycles. The van der Waals surface area contributed by atoms with Crippen LogP contribution in [0.2, 0.25) is 0 Å². The monoisotopic (exact) mass is 270 g/mol. The van der Waals surface area contributed by atoms with Gasteiger partial charge < -0.3 is 10.1 Å². The van der Waals surface area contributed by atoms with E-state index in [9.17, 15) is 4.79 Å². The third-order valence-electron chi connectivity index (χ3n) is 2.86. The maximum atomic E-state index is 12.1. The average Bonchev–Trinajstić information content (AvgIpc) is 2.80. The molecule has 2 rings (SSSR count). The van der Waals surface area contributed by atoms with Crippen LogP contribution < -0.4 is 10.1 Å². The Morgan fingerprint density at radius 2 is 2.25 bits per heavy atom. The van der Waals surface area contributed by atoms with Crippen molar-refractivity contribution in [2.75, 3.05) is 12.4 Å². The number of nitrogens with zero attached hydrogens (tertiary/aromatic N) is 3. The number of aromatic nitrogens is 2. The summed E-state index contributed by atoms with van der Waals surface area (Å²) in [5.74, 6) is 0.829. The van der Waals surface area contributed by atoms with Crippen molar-refractivity contribution in [2.45, 2.75) is 6.42 Å². The number of carbonyl (C=O) groups excluding carboxylic acids is 1. The lowest BCUT2D eigenvalue weighted by molar-refractivity contribution is -0.115. The number of anilines is 1. The van der Waals surface area contributed by atoms with Crippen LogP contribution in [0, 0.1) is 11.3 Å². The molecule has 0 aliphatic rings. The highest BCUT2D eigenvalue weighted by Crippen LogP contribution is 2.19. The predicted octanol–water partition coefficient (Wildman–Crippen LogP) is 1.48. The zero-order valence-electron chi connectivity index (χ0n) is 11.3. The van der Waals surface area contributed by atoms with E-state index in [2.05, 4.69) is 10.4 Å². The zero-order valence-corrected chi connectivity index (χ0v) is 11.3. The quantitative estimate of drug-likeness (QED) is 0.912. The Hall–Kier alpha value is -2.81. The topological polar surface area (TPSA) is 79.9 Å². The normalized spacial score (nSPS) is 9.85. The molecule has 0 aliphatic carbocycles. The van der Waals surface area contributed by atoms with Gasteiger partial charge in [0.1, 0.15) is 23.2 Å². The van der Waals surface area contributed by atoms with Crippen LogP contribution >= 0.6 is 0 Å². The average molecular weight is 270 g/mol. The Balaban J connectivity index is 2.14. The molecular formula is C14H14N4O2. The van der Waals surface area contributed by atoms with Gasteiger partial charge in [-0.3, -0.25) is 9.48 Å². The second kappa shape index (κ2) is 5.89. The van der Waals surface area contributed by atoms with Crippen LogP contribution in [0.1, 0.15) is 11.1 Å². The third-order valence-corrected chi connectivity index (χ3v) is 2.86. The number of nitrogens with one attached hydrogen (secondary N) is 1. The summed E-state index contributed by atoms with van der Waals surface area (Å²) in [4.78, 5) is 12.1. The first-order chi connectivity index (χ1) is 9.65. The molecule has 1 amide bonds. The smallest absolute Gasteiger partial charge is 0.230 e. The molecule has 0 saturated carbocycles. The van der Waals surface area contributed by atoms with E-state index in [0.717, 1.165) is 5.56 Å². The molecule has 6 nitrogen and oxygen atoms in total. The van der Waals surface area contributed by atoms with Gasteiger partial charge in [-0.1, -0.05) is 18.2 Å². The van der Waals surface area contributed by atoms with Crippen molar-refractivity contribution < 1.29 is 9.53 Å². The second-order valence-electron chi connectivity index (χ2n) is 4.18. The van der Waals surface area contributed by atoms with Crippen molar-refractivity contribution in [3.05, 3.63) is 41.6 Å². The number of methoxy groups -OCH3 is 1. The van der Waals surface area contributed by atoms with E-state index in [1.807, 2.05) is 24.3 Å². The first-order valence-corrected chi connectivity index (χ1v) is 5.99. The van der Waals surface area contributed by atoms with E-state index in [1.54, 1.807) is 20.2 Å². The molecule has 0 atom stereocenters. The molecule has 0 radical (unpaired) electrons. The van der Waals surface area contributed by atoms with Crippen molar-refractivity contribution in [3.8, 4) is 11.8 Å². The van der Waals surface area contributed by atoms with Crippen LogP contribution in [0.25, 0.3) is 0 Å². The molecule has 20 heavy (non-hydrogen) atoms. The van der Waals surface area contributed by atoms with E-state index < -0.39 is 0 Å². The Bertz CT molecular complexity index is 670. The van der Waals surface area contributed by atoms with Gasteiger partial charge in [-0.2, -0.15) is 10.4 Å². The molecule has 0 bridgehead atoms. The summed E-state index contributed by atoms with van der Waals surface area (Å²) in [5, 5.41) is 15.6. The van der Waals surface area contributed by atoms with Gasteiger partial charge in [0.2, 0.25) is 5.91 Å². The van der Waals surface area contributed by atoms with Gasteiger partial charge in [0.05, 0.1) is 19.7 Å². The van der Waals surface area contributed by atoms with E-state index in [4.69, 9.17) is 10.00 Å². The van der Waals surface area contributed by atoms with Crippen molar-refractivity contribution in [3.63, 3.8) is 0 Å². The second-order valence-corrected chi connectivity index (χ2v) is 4.18. The van der Waals surface area contributed by atoms with E-state index in [1.165, 1.54) is 10.9 Å². The van der Waals surface area contributed by atoms with Crippen molar-refractivity contribution in [1.29, 1.82) is 5.26 Å². The SMILES string of the molecule is COc1ccccc1CC(=O)Nc1c(C#N)cnn1C. The molecule has 1 aromatic heterocycles. The van der Waals surface area contributed by atoms with E-state index in [0.29, 0.717) is 17.1 Å². The van der Waals surface area contributed by atoms with Crippen LogP contribution in [0.5, 0.6) is 5.75 Å². The minimum atomic E-state index is -0.227. The predicted molar refractivity (Wildman–Crippen MR) is 73.3 cm³/mol. The first-order valence-electron chi connectivity index (χ1n) is 5.99. The number of carbonyl (C=O) groups is 1. The lowest BCUT2D eigenvalue weighted by atomic mass is 10.1. The van der Waals surface area contributed by atoms with Gasteiger partial charge in [0, 0.05) is 12.6 Å². The lowest BCUT2D eigenvalue weighted by Gasteiger charge is -2.09. The molecule has 1 aromatic carbocycles. The van der Waals surface area contributed by atoms with E-state index >= 15 is 0 Å². The van der Waals surface area contributed by atoms with Crippen molar-refractivity contribution in [1.82, 2.24) is 9.78 Å². The van der Waals surface area contributed by atoms with Crippen molar-refractivity contribution in [2.24, 2.45) is 7.05 Å². The molecule has 102 valence electrons. The largest absolute Gasteiger partial charge is 0.496 e. The standard InChI is InChI=1S/C14H14N4O2/c1-18-14(11(8-15)9-16-18)17-13(19)7-10-5-3-4-6-12(10)20-2/h3-6,9H,7H2,1-2H3,(H,17,19). The Kier molecular flexibility index (Phi) is 4.01. The summed E-state index contributed by atoms with van der Waals surface area (Å²) in [6, 6.07) is 9.30. The fraction of sp³-hybridized carbons (Fsp3) is 0.214. The minimum absolute atomic E-state index is 0.167. The maximum absolute atomic E-state index is 12.1. The number of hydrogen-bond acceptors (Lipinski definition) is 4. The molecule has 0 saturated heterocycles. The van der Waals surface area contributed by atoms with E-state index in [-0.39, 0.29) is 12.3 Å². The Morgan fingerprint density at radius 3 is 2.95 bits per heavy atom. The lowest BCUT2D eigenvalue weighted by Crippen LogP contribution is -2.17.